The summed E-state index contributed by atoms with van der Waals surface area (Å²) in [6, 6.07) is 8.14. The summed E-state index contributed by atoms with van der Waals surface area (Å²) >= 11 is 0. The number of hydrogen-bond acceptors (Lipinski definition) is 4. The van der Waals surface area contributed by atoms with Crippen LogP contribution < -0.4 is 11.3 Å². The minimum Gasteiger partial charge on any atom is -0.478 e. The van der Waals surface area contributed by atoms with E-state index in [4.69, 9.17) is 14.3 Å². The zero-order valence-corrected chi connectivity index (χ0v) is 13.9. The van der Waals surface area contributed by atoms with E-state index in [-0.39, 0.29) is 18.4 Å². The van der Waals surface area contributed by atoms with E-state index in [1.54, 1.807) is 47.5 Å². The van der Waals surface area contributed by atoms with Crippen molar-refractivity contribution in [2.24, 2.45) is 5.96 Å². The van der Waals surface area contributed by atoms with Crippen molar-refractivity contribution in [2.75, 3.05) is 0 Å². The van der Waals surface area contributed by atoms with Crippen LogP contribution in [0.3, 0.4) is 0 Å². The van der Waals surface area contributed by atoms with Gasteiger partial charge in [-0.05, 0) is 38.0 Å². The maximum atomic E-state index is 11.5. The van der Waals surface area contributed by atoms with Gasteiger partial charge in [0.05, 0.1) is 11.7 Å². The highest BCUT2D eigenvalue weighted by molar-refractivity contribution is 5.87. The lowest BCUT2D eigenvalue weighted by Gasteiger charge is -2.28. The van der Waals surface area contributed by atoms with Crippen molar-refractivity contribution in [3.63, 3.8) is 0 Å². The van der Waals surface area contributed by atoms with Gasteiger partial charge in [-0.3, -0.25) is 4.90 Å². The minimum absolute atomic E-state index is 0.116. The normalized spacial score (nSPS) is 21.5. The lowest BCUT2D eigenvalue weighted by molar-refractivity contribution is -0.00947. The molecule has 4 N–H and O–H groups in total. The zero-order valence-electron chi connectivity index (χ0n) is 13.9. The second-order valence-electron chi connectivity index (χ2n) is 5.33. The predicted octanol–water partition coefficient (Wildman–Crippen LogP) is 2.78. The van der Waals surface area contributed by atoms with E-state index in [1.807, 2.05) is 6.92 Å². The molecule has 1 fully saturated rings. The van der Waals surface area contributed by atoms with Crippen LogP contribution in [0.1, 0.15) is 30.1 Å². The number of nitrogens with zero attached hydrogens (tertiary/aromatic N) is 1. The quantitative estimate of drug-likeness (QED) is 0.711. The molecular formula is C17H22FN3O4. The van der Waals surface area contributed by atoms with Crippen LogP contribution in [0.4, 0.5) is 9.28 Å². The summed E-state index contributed by atoms with van der Waals surface area (Å²) in [6.07, 6.45) is 5.52. The molecule has 1 aromatic carbocycles. The van der Waals surface area contributed by atoms with Gasteiger partial charge in [0, 0.05) is 11.9 Å². The second kappa shape index (κ2) is 10.2. The van der Waals surface area contributed by atoms with Crippen LogP contribution in [-0.2, 0) is 4.74 Å². The molecule has 2 aliphatic heterocycles. The largest absolute Gasteiger partial charge is 0.478 e. The van der Waals surface area contributed by atoms with Crippen molar-refractivity contribution in [3.8, 4) is 0 Å². The number of allylic oxidation sites excluding steroid dienone is 1. The molecule has 8 heteroatoms. The highest BCUT2D eigenvalue weighted by atomic mass is 19.2. The molecule has 0 aromatic heterocycles. The number of nitrogens with one attached hydrogen (secondary N) is 1. The Bertz CT molecular complexity index is 622. The lowest BCUT2D eigenvalue weighted by Crippen LogP contribution is -2.44. The van der Waals surface area contributed by atoms with E-state index < -0.39 is 5.97 Å². The number of amides is 2. The molecule has 0 saturated carbocycles. The molecule has 3 rings (SSSR count). The number of nitrogens with two attached hydrogens (primary N) is 1. The predicted molar refractivity (Wildman–Crippen MR) is 90.9 cm³/mol. The number of carbonyl (C=O) groups excluding carboxylic acids is 1. The number of rotatable bonds is 2. The third-order valence-corrected chi connectivity index (χ3v) is 3.48. The van der Waals surface area contributed by atoms with Gasteiger partial charge in [-0.25, -0.2) is 9.59 Å². The Kier molecular flexibility index (Phi) is 8.31. The smallest absolute Gasteiger partial charge is 0.335 e. The molecule has 2 unspecified atom stereocenters. The summed E-state index contributed by atoms with van der Waals surface area (Å²) in [6.45, 7) is 5.67. The van der Waals surface area contributed by atoms with Crippen LogP contribution in [-0.4, -0.2) is 34.3 Å². The average molecular weight is 351 g/mol. The fourth-order valence-corrected chi connectivity index (χ4v) is 2.28. The molecule has 2 aliphatic rings. The Hall–Kier alpha value is -2.71. The first-order valence-corrected chi connectivity index (χ1v) is 7.59. The molecule has 0 radical (unpaired) electrons. The van der Waals surface area contributed by atoms with E-state index in [9.17, 15) is 9.59 Å². The lowest BCUT2D eigenvalue weighted by atomic mass is 10.2. The van der Waals surface area contributed by atoms with Gasteiger partial charge in [-0.2, -0.15) is 5.96 Å². The SMILES string of the molecule is C=C1C=CN(C2CCC(C)O2)C(=O)N1.NF.O=C(O)c1ccccc1. The Balaban J connectivity index is 0.000000246. The van der Waals surface area contributed by atoms with Gasteiger partial charge in [-0.15, -0.1) is 4.48 Å². The summed E-state index contributed by atoms with van der Waals surface area (Å²) in [5.74, 6) is 2.12. The van der Waals surface area contributed by atoms with E-state index >= 15 is 0 Å². The average Bonchev–Trinajstić information content (AvgIpc) is 3.04. The van der Waals surface area contributed by atoms with E-state index in [1.165, 1.54) is 0 Å². The van der Waals surface area contributed by atoms with Crippen LogP contribution in [0, 0.1) is 0 Å². The molecule has 1 aromatic rings. The highest BCUT2D eigenvalue weighted by Gasteiger charge is 2.30. The second-order valence-corrected chi connectivity index (χ2v) is 5.33. The summed E-state index contributed by atoms with van der Waals surface area (Å²) in [4.78, 5) is 23.3. The monoisotopic (exact) mass is 351 g/mol. The van der Waals surface area contributed by atoms with E-state index in [0.717, 1.165) is 12.8 Å². The molecule has 0 spiro atoms. The van der Waals surface area contributed by atoms with Gasteiger partial charge < -0.3 is 15.2 Å². The fourth-order valence-electron chi connectivity index (χ4n) is 2.28. The van der Waals surface area contributed by atoms with Crippen LogP contribution in [0.5, 0.6) is 0 Å². The van der Waals surface area contributed by atoms with Gasteiger partial charge in [0.1, 0.15) is 6.23 Å². The Morgan fingerprint density at radius 2 is 2.00 bits per heavy atom. The molecule has 25 heavy (non-hydrogen) atoms. The van der Waals surface area contributed by atoms with E-state index in [0.29, 0.717) is 11.3 Å². The molecule has 0 bridgehead atoms. The molecule has 7 nitrogen and oxygen atoms in total. The number of benzene rings is 1. The summed E-state index contributed by atoms with van der Waals surface area (Å²) in [7, 11) is 0. The fraction of sp³-hybridized carbons (Fsp3) is 0.294. The number of urea groups is 1. The molecule has 2 amide bonds. The number of halogens is 1. The van der Waals surface area contributed by atoms with Gasteiger partial charge in [0.25, 0.3) is 0 Å². The summed E-state index contributed by atoms with van der Waals surface area (Å²) < 4.78 is 14.6. The number of carbonyl (C=O) groups is 2. The number of hydrogen-bond donors (Lipinski definition) is 3. The Morgan fingerprint density at radius 3 is 2.44 bits per heavy atom. The first-order chi connectivity index (χ1) is 12.0. The van der Waals surface area contributed by atoms with Crippen LogP contribution in [0.25, 0.3) is 0 Å². The van der Waals surface area contributed by atoms with Crippen LogP contribution in [0.15, 0.2) is 54.9 Å². The minimum atomic E-state index is -0.879. The zero-order chi connectivity index (χ0) is 18.8. The standard InChI is InChI=1S/C10H14N2O2.C7H6O2.FH2N/c1-7-5-6-12(10(13)11-7)9-4-3-8(2)14-9;8-7(9)6-4-2-1-3-5-6;1-2/h5-6,8-9H,1,3-4H2,2H3,(H,11,13);1-5H,(H,8,9);2H2. The van der Waals surface area contributed by atoms with Crippen molar-refractivity contribution in [2.45, 2.75) is 32.1 Å². The van der Waals surface area contributed by atoms with Gasteiger partial charge in [0.15, 0.2) is 0 Å². The first-order valence-electron chi connectivity index (χ1n) is 7.59. The Morgan fingerprint density at radius 1 is 1.36 bits per heavy atom. The van der Waals surface area contributed by atoms with Gasteiger partial charge in [-0.1, -0.05) is 24.8 Å². The summed E-state index contributed by atoms with van der Waals surface area (Å²) in [5.41, 5.74) is 0.954. The topological polar surface area (TPSA) is 105 Å². The highest BCUT2D eigenvalue weighted by Crippen LogP contribution is 2.23. The maximum absolute atomic E-state index is 11.5. The molecule has 1 saturated heterocycles. The van der Waals surface area contributed by atoms with Crippen molar-refractivity contribution in [1.29, 1.82) is 0 Å². The third-order valence-electron chi connectivity index (χ3n) is 3.48. The van der Waals surface area contributed by atoms with Crippen LogP contribution in [0.2, 0.25) is 0 Å². The van der Waals surface area contributed by atoms with Crippen molar-refractivity contribution >= 4 is 12.0 Å². The third kappa shape index (κ3) is 6.36. The van der Waals surface area contributed by atoms with Crippen molar-refractivity contribution < 1.29 is 23.9 Å². The number of ether oxygens (including phenoxy) is 1. The first kappa shape index (κ1) is 20.3. The van der Waals surface area contributed by atoms with Crippen molar-refractivity contribution in [1.82, 2.24) is 10.2 Å². The number of aromatic carboxylic acids is 1. The van der Waals surface area contributed by atoms with E-state index in [2.05, 4.69) is 17.9 Å². The summed E-state index contributed by atoms with van der Waals surface area (Å²) in [5, 5.41) is 11.0. The molecule has 0 aliphatic carbocycles. The van der Waals surface area contributed by atoms with Gasteiger partial charge >= 0.3 is 12.0 Å². The molecule has 136 valence electrons. The number of carboxylic acids is 1. The molecule has 2 heterocycles. The van der Waals surface area contributed by atoms with Gasteiger partial charge in [0.2, 0.25) is 0 Å². The van der Waals surface area contributed by atoms with Crippen molar-refractivity contribution in [3.05, 3.63) is 60.4 Å². The van der Waals surface area contributed by atoms with Crippen LogP contribution >= 0.6 is 0 Å². The Labute approximate surface area is 145 Å². The molecule has 2 atom stereocenters. The molecular weight excluding hydrogens is 329 g/mol. The number of carboxylic acid groups (broad SMARTS) is 1. The maximum Gasteiger partial charge on any atom is 0.335 e.